The molecule has 32 heavy (non-hydrogen) atoms. The molecule has 1 unspecified atom stereocenters. The Morgan fingerprint density at radius 2 is 1.81 bits per heavy atom. The number of hydrogen-bond acceptors (Lipinski definition) is 5. The molecule has 1 N–H and O–H groups in total. The summed E-state index contributed by atoms with van der Waals surface area (Å²) in [4.78, 5) is 14.1. The van der Waals surface area contributed by atoms with Gasteiger partial charge in [-0.1, -0.05) is 19.9 Å². The molecule has 0 aromatic heterocycles. The Labute approximate surface area is 191 Å². The Morgan fingerprint density at radius 1 is 1.16 bits per heavy atom. The highest BCUT2D eigenvalue weighted by Gasteiger charge is 2.31. The van der Waals surface area contributed by atoms with Crippen molar-refractivity contribution in [3.8, 4) is 5.75 Å². The lowest BCUT2D eigenvalue weighted by Gasteiger charge is -2.40. The van der Waals surface area contributed by atoms with Gasteiger partial charge in [0.15, 0.2) is 0 Å². The monoisotopic (exact) mass is 470 g/mol. The first-order chi connectivity index (χ1) is 15.1. The number of anilines is 1. The molecule has 0 spiro atoms. The molecular weight excluding hydrogens is 441 g/mol. The maximum Gasteiger partial charge on any atom is 0.573 e. The van der Waals surface area contributed by atoms with Gasteiger partial charge in [-0.15, -0.1) is 13.2 Å². The summed E-state index contributed by atoms with van der Waals surface area (Å²) in [5.74, 6) is -1.09. The molecular formula is C23H29F3N2O3S. The predicted molar refractivity (Wildman–Crippen MR) is 121 cm³/mol. The standard InChI is InChI=1S/C21H23F3N2O3S.C2H6/c1-14-9-16(12-20(27)28)11-19(10-14)30-26-8-7-25(13-15(26)2)17-3-5-18(6-4-17)29-21(22,23)24;1-2/h3-6,9-11,15H,7-8,12-13H2,1-2H3,(H,27,28);1-2H3. The van der Waals surface area contributed by atoms with Crippen LogP contribution in [0.4, 0.5) is 18.9 Å². The van der Waals surface area contributed by atoms with Gasteiger partial charge in [-0.3, -0.25) is 4.79 Å². The molecule has 1 fully saturated rings. The van der Waals surface area contributed by atoms with E-state index in [0.717, 1.165) is 41.3 Å². The largest absolute Gasteiger partial charge is 0.573 e. The van der Waals surface area contributed by atoms with E-state index >= 15 is 0 Å². The quantitative estimate of drug-likeness (QED) is 0.542. The molecule has 1 heterocycles. The summed E-state index contributed by atoms with van der Waals surface area (Å²) in [5.41, 5.74) is 2.64. The van der Waals surface area contributed by atoms with Crippen LogP contribution in [0.15, 0.2) is 47.4 Å². The summed E-state index contributed by atoms with van der Waals surface area (Å²) >= 11 is 1.60. The molecule has 0 saturated carbocycles. The number of carboxylic acids is 1. The summed E-state index contributed by atoms with van der Waals surface area (Å²) in [6, 6.07) is 11.9. The lowest BCUT2D eigenvalue weighted by molar-refractivity contribution is -0.274. The molecule has 0 radical (unpaired) electrons. The van der Waals surface area contributed by atoms with Gasteiger partial charge in [0.2, 0.25) is 0 Å². The molecule has 1 aliphatic rings. The number of aliphatic carboxylic acids is 1. The van der Waals surface area contributed by atoms with E-state index in [4.69, 9.17) is 5.11 Å². The molecule has 1 atom stereocenters. The van der Waals surface area contributed by atoms with Gasteiger partial charge in [0.25, 0.3) is 0 Å². The van der Waals surface area contributed by atoms with Crippen molar-refractivity contribution in [2.45, 2.75) is 51.4 Å². The number of rotatable bonds is 6. The van der Waals surface area contributed by atoms with Crippen LogP contribution < -0.4 is 9.64 Å². The van der Waals surface area contributed by atoms with E-state index in [2.05, 4.69) is 20.9 Å². The third kappa shape index (κ3) is 7.94. The van der Waals surface area contributed by atoms with Crippen LogP contribution >= 0.6 is 11.9 Å². The number of carbonyl (C=O) groups is 1. The zero-order valence-electron chi connectivity index (χ0n) is 18.6. The van der Waals surface area contributed by atoms with Crippen molar-refractivity contribution in [2.24, 2.45) is 0 Å². The lowest BCUT2D eigenvalue weighted by atomic mass is 10.1. The van der Waals surface area contributed by atoms with Crippen LogP contribution in [0.5, 0.6) is 5.75 Å². The van der Waals surface area contributed by atoms with Crippen LogP contribution in [-0.2, 0) is 11.2 Å². The van der Waals surface area contributed by atoms with Crippen molar-refractivity contribution in [2.75, 3.05) is 24.5 Å². The maximum absolute atomic E-state index is 12.3. The van der Waals surface area contributed by atoms with Crippen LogP contribution in [0.1, 0.15) is 31.9 Å². The summed E-state index contributed by atoms with van der Waals surface area (Å²) in [7, 11) is 0. The van der Waals surface area contributed by atoms with Gasteiger partial charge in [0.1, 0.15) is 5.75 Å². The lowest BCUT2D eigenvalue weighted by Crippen LogP contribution is -2.49. The number of alkyl halides is 3. The molecule has 1 saturated heterocycles. The highest BCUT2D eigenvalue weighted by Crippen LogP contribution is 2.31. The van der Waals surface area contributed by atoms with E-state index in [9.17, 15) is 18.0 Å². The Morgan fingerprint density at radius 3 is 2.38 bits per heavy atom. The summed E-state index contributed by atoms with van der Waals surface area (Å²) in [6.07, 6.45) is -4.70. The van der Waals surface area contributed by atoms with E-state index in [1.54, 1.807) is 24.1 Å². The van der Waals surface area contributed by atoms with E-state index < -0.39 is 12.3 Å². The second kappa shape index (κ2) is 11.5. The summed E-state index contributed by atoms with van der Waals surface area (Å²) in [6.45, 7) is 10.2. The minimum atomic E-state index is -4.70. The fourth-order valence-corrected chi connectivity index (χ4v) is 4.59. The molecule has 5 nitrogen and oxygen atoms in total. The first-order valence-corrected chi connectivity index (χ1v) is 11.2. The van der Waals surface area contributed by atoms with Gasteiger partial charge >= 0.3 is 12.3 Å². The van der Waals surface area contributed by atoms with E-state index in [-0.39, 0.29) is 18.2 Å². The second-order valence-electron chi connectivity index (χ2n) is 7.29. The van der Waals surface area contributed by atoms with Crippen LogP contribution in [0.25, 0.3) is 0 Å². The van der Waals surface area contributed by atoms with Gasteiger partial charge in [0, 0.05) is 36.3 Å². The zero-order valence-corrected chi connectivity index (χ0v) is 19.5. The molecule has 0 bridgehead atoms. The molecule has 0 amide bonds. The molecule has 3 rings (SSSR count). The second-order valence-corrected chi connectivity index (χ2v) is 8.42. The molecule has 2 aromatic rings. The first kappa shape index (κ1) is 25.9. The number of halogens is 3. The van der Waals surface area contributed by atoms with E-state index in [0.29, 0.717) is 0 Å². The summed E-state index contributed by atoms with van der Waals surface area (Å²) in [5, 5.41) is 9.04. The van der Waals surface area contributed by atoms with Crippen LogP contribution in [0.2, 0.25) is 0 Å². The third-order valence-electron chi connectivity index (χ3n) is 4.69. The third-order valence-corrected chi connectivity index (χ3v) is 5.91. The van der Waals surface area contributed by atoms with Gasteiger partial charge in [0.05, 0.1) is 6.42 Å². The Bertz CT molecular complexity index is 891. The number of hydrogen-bond donors (Lipinski definition) is 1. The fraction of sp³-hybridized carbons (Fsp3) is 0.435. The number of ether oxygens (including phenoxy) is 1. The van der Waals surface area contributed by atoms with Gasteiger partial charge in [-0.2, -0.15) is 0 Å². The molecule has 1 aliphatic heterocycles. The predicted octanol–water partition coefficient (Wildman–Crippen LogP) is 5.76. The van der Waals surface area contributed by atoms with Crippen molar-refractivity contribution in [3.05, 3.63) is 53.6 Å². The van der Waals surface area contributed by atoms with E-state index in [1.807, 2.05) is 39.0 Å². The minimum absolute atomic E-state index is 0.00732. The Balaban J connectivity index is 0.00000176. The average Bonchev–Trinajstić information content (AvgIpc) is 2.69. The Hall–Kier alpha value is -2.39. The Kier molecular flexibility index (Phi) is 9.27. The number of carboxylic acid groups (broad SMARTS) is 1. The zero-order chi connectivity index (χ0) is 23.9. The molecule has 0 aliphatic carbocycles. The van der Waals surface area contributed by atoms with E-state index in [1.165, 1.54) is 12.1 Å². The fourth-order valence-electron chi connectivity index (χ4n) is 3.46. The van der Waals surface area contributed by atoms with Crippen LogP contribution in [0.3, 0.4) is 0 Å². The van der Waals surface area contributed by atoms with Crippen molar-refractivity contribution in [3.63, 3.8) is 0 Å². The van der Waals surface area contributed by atoms with Gasteiger partial charge < -0.3 is 14.7 Å². The number of aryl methyl sites for hydroxylation is 1. The van der Waals surface area contributed by atoms with Crippen LogP contribution in [0, 0.1) is 6.92 Å². The maximum atomic E-state index is 12.3. The first-order valence-electron chi connectivity index (χ1n) is 10.5. The van der Waals surface area contributed by atoms with Crippen molar-refractivity contribution < 1.29 is 27.8 Å². The van der Waals surface area contributed by atoms with Crippen molar-refractivity contribution in [1.82, 2.24) is 4.31 Å². The average molecular weight is 471 g/mol. The minimum Gasteiger partial charge on any atom is -0.481 e. The molecule has 9 heteroatoms. The smallest absolute Gasteiger partial charge is 0.481 e. The number of piperazine rings is 1. The topological polar surface area (TPSA) is 53.0 Å². The molecule has 176 valence electrons. The number of benzene rings is 2. The SMILES string of the molecule is CC.Cc1cc(CC(=O)O)cc(SN2CCN(c3ccc(OC(F)(F)F)cc3)CC2C)c1. The molecule has 2 aromatic carbocycles. The van der Waals surface area contributed by atoms with Gasteiger partial charge in [-0.05, 0) is 73.3 Å². The van der Waals surface area contributed by atoms with Crippen molar-refractivity contribution >= 4 is 23.6 Å². The van der Waals surface area contributed by atoms with Crippen LogP contribution in [-0.4, -0.2) is 47.4 Å². The number of nitrogens with zero attached hydrogens (tertiary/aromatic N) is 2. The highest BCUT2D eigenvalue weighted by atomic mass is 32.2. The highest BCUT2D eigenvalue weighted by molar-refractivity contribution is 7.97. The summed E-state index contributed by atoms with van der Waals surface area (Å²) < 4.78 is 43.1. The van der Waals surface area contributed by atoms with Gasteiger partial charge in [-0.25, -0.2) is 4.31 Å². The van der Waals surface area contributed by atoms with Crippen molar-refractivity contribution in [1.29, 1.82) is 0 Å². The normalized spacial score (nSPS) is 16.8.